The molecule has 0 amide bonds. The number of hydrogen-bond acceptors (Lipinski definition) is 6. The number of rotatable bonds is 8. The van der Waals surface area contributed by atoms with Gasteiger partial charge >= 0.3 is 0 Å². The van der Waals surface area contributed by atoms with Gasteiger partial charge in [-0.05, 0) is 44.2 Å². The molecule has 27 heavy (non-hydrogen) atoms. The minimum Gasteiger partial charge on any atom is -0.491 e. The lowest BCUT2D eigenvalue weighted by molar-refractivity contribution is 0.0285. The molecule has 7 heteroatoms. The number of aromatic amines is 1. The van der Waals surface area contributed by atoms with Gasteiger partial charge in [0.25, 0.3) is 0 Å². The van der Waals surface area contributed by atoms with Crippen LogP contribution in [0.25, 0.3) is 22.2 Å². The Balaban J connectivity index is 1.90. The first-order valence-corrected chi connectivity index (χ1v) is 8.87. The van der Waals surface area contributed by atoms with Gasteiger partial charge in [-0.2, -0.15) is 5.10 Å². The summed E-state index contributed by atoms with van der Waals surface area (Å²) < 4.78 is 10.9. The minimum atomic E-state index is -0.888. The number of nitrogens with zero attached hydrogens (tertiary/aromatic N) is 3. The lowest BCUT2D eigenvalue weighted by atomic mass is 10.1. The lowest BCUT2D eigenvalue weighted by Gasteiger charge is -2.18. The van der Waals surface area contributed by atoms with E-state index in [1.807, 2.05) is 42.3 Å². The zero-order valence-electron chi connectivity index (χ0n) is 16.2. The molecule has 7 nitrogen and oxygen atoms in total. The third kappa shape index (κ3) is 4.75. The number of benzene rings is 1. The van der Waals surface area contributed by atoms with Crippen molar-refractivity contribution in [3.05, 3.63) is 36.5 Å². The highest BCUT2D eigenvalue weighted by molar-refractivity contribution is 5.94. The van der Waals surface area contributed by atoms with Crippen molar-refractivity contribution in [2.24, 2.45) is 0 Å². The van der Waals surface area contributed by atoms with E-state index in [2.05, 4.69) is 15.2 Å². The molecule has 0 fully saturated rings. The van der Waals surface area contributed by atoms with E-state index in [-0.39, 0.29) is 6.61 Å². The van der Waals surface area contributed by atoms with Gasteiger partial charge in [0.1, 0.15) is 23.9 Å². The van der Waals surface area contributed by atoms with Crippen LogP contribution in [0.2, 0.25) is 0 Å². The monoisotopic (exact) mass is 370 g/mol. The average molecular weight is 370 g/mol. The fourth-order valence-electron chi connectivity index (χ4n) is 2.68. The van der Waals surface area contributed by atoms with Gasteiger partial charge in [0.05, 0.1) is 17.7 Å². The summed E-state index contributed by atoms with van der Waals surface area (Å²) in [5.41, 5.74) is 1.84. The van der Waals surface area contributed by atoms with E-state index in [4.69, 9.17) is 9.47 Å². The number of pyridine rings is 1. The first-order valence-electron chi connectivity index (χ1n) is 8.87. The Morgan fingerprint density at radius 3 is 2.78 bits per heavy atom. The number of hydrogen-bond donors (Lipinski definition) is 2. The van der Waals surface area contributed by atoms with Gasteiger partial charge < -0.3 is 19.5 Å². The van der Waals surface area contributed by atoms with Gasteiger partial charge in [-0.3, -0.25) is 5.10 Å². The summed E-state index contributed by atoms with van der Waals surface area (Å²) in [6.45, 7) is 5.04. The van der Waals surface area contributed by atoms with Crippen molar-refractivity contribution in [1.82, 2.24) is 15.2 Å². The van der Waals surface area contributed by atoms with Crippen molar-refractivity contribution in [2.75, 3.05) is 38.8 Å². The predicted molar refractivity (Wildman–Crippen MR) is 106 cm³/mol. The molecular formula is C20H26N4O3. The largest absolute Gasteiger partial charge is 0.491 e. The van der Waals surface area contributed by atoms with Crippen molar-refractivity contribution in [2.45, 2.75) is 19.4 Å². The van der Waals surface area contributed by atoms with E-state index in [0.29, 0.717) is 12.4 Å². The van der Waals surface area contributed by atoms with Crippen LogP contribution in [0.4, 0.5) is 5.82 Å². The summed E-state index contributed by atoms with van der Waals surface area (Å²) in [6, 6.07) is 9.68. The molecule has 0 saturated carbocycles. The number of aliphatic hydroxyl groups is 1. The van der Waals surface area contributed by atoms with Crippen LogP contribution in [-0.4, -0.2) is 59.8 Å². The molecule has 2 aromatic heterocycles. The topological polar surface area (TPSA) is 83.5 Å². The predicted octanol–water partition coefficient (Wildman–Crippen LogP) is 2.86. The lowest BCUT2D eigenvalue weighted by Crippen LogP contribution is -2.27. The maximum Gasteiger partial charge on any atom is 0.128 e. The number of ether oxygens (including phenoxy) is 2. The molecule has 2 heterocycles. The maximum atomic E-state index is 9.86. The van der Waals surface area contributed by atoms with Crippen LogP contribution >= 0.6 is 0 Å². The summed E-state index contributed by atoms with van der Waals surface area (Å²) >= 11 is 0. The highest BCUT2D eigenvalue weighted by Crippen LogP contribution is 2.30. The van der Waals surface area contributed by atoms with Gasteiger partial charge in [-0.15, -0.1) is 0 Å². The zero-order chi connectivity index (χ0) is 19.4. The summed E-state index contributed by atoms with van der Waals surface area (Å²) in [6.07, 6.45) is 1.78. The molecular weight excluding hydrogens is 344 g/mol. The summed E-state index contributed by atoms with van der Waals surface area (Å²) in [5.74, 6) is 1.55. The van der Waals surface area contributed by atoms with Crippen LogP contribution in [0.15, 0.2) is 36.5 Å². The number of nitrogens with one attached hydrogen (secondary N) is 1. The molecule has 0 aliphatic carbocycles. The molecule has 0 atom stereocenters. The Labute approximate surface area is 158 Å². The number of aromatic nitrogens is 3. The van der Waals surface area contributed by atoms with Crippen LogP contribution in [-0.2, 0) is 4.74 Å². The maximum absolute atomic E-state index is 9.86. The average Bonchev–Trinajstić information content (AvgIpc) is 3.07. The number of H-pyrrole nitrogens is 1. The van der Waals surface area contributed by atoms with Crippen molar-refractivity contribution in [3.63, 3.8) is 0 Å². The van der Waals surface area contributed by atoms with Crippen LogP contribution in [0.1, 0.15) is 13.8 Å². The summed E-state index contributed by atoms with van der Waals surface area (Å²) in [4.78, 5) is 6.48. The molecule has 0 unspecified atom stereocenters. The number of fused-ring (bicyclic) bond motifs is 1. The van der Waals surface area contributed by atoms with Gasteiger partial charge in [0.15, 0.2) is 0 Å². The van der Waals surface area contributed by atoms with Crippen LogP contribution < -0.4 is 9.64 Å². The van der Waals surface area contributed by atoms with Crippen LogP contribution in [0, 0.1) is 0 Å². The molecule has 3 rings (SSSR count). The van der Waals surface area contributed by atoms with E-state index in [0.717, 1.165) is 34.5 Å². The SMILES string of the molecule is COCCN(C)c1cc(-c2n[nH]c3ccc(OCC(C)(C)O)cc23)ccn1. The standard InChI is InChI=1S/C20H26N4O3/c1-20(2,25)13-27-15-5-6-17-16(12-15)19(23-22-17)14-7-8-21-18(11-14)24(3)9-10-26-4/h5-8,11-12,25H,9-10,13H2,1-4H3,(H,22,23). The van der Waals surface area contributed by atoms with Crippen LogP contribution in [0.5, 0.6) is 5.75 Å². The molecule has 0 bridgehead atoms. The van der Waals surface area contributed by atoms with Crippen LogP contribution in [0.3, 0.4) is 0 Å². The molecule has 0 aliphatic heterocycles. The van der Waals surface area contributed by atoms with E-state index in [9.17, 15) is 5.11 Å². The second-order valence-corrected chi connectivity index (χ2v) is 7.20. The third-order valence-electron chi connectivity index (χ3n) is 4.17. The fourth-order valence-corrected chi connectivity index (χ4v) is 2.68. The quantitative estimate of drug-likeness (QED) is 0.634. The van der Waals surface area contributed by atoms with Gasteiger partial charge in [-0.1, -0.05) is 0 Å². The number of methoxy groups -OCH3 is 1. The first kappa shape index (κ1) is 19.1. The third-order valence-corrected chi connectivity index (χ3v) is 4.17. The van der Waals surface area contributed by atoms with E-state index in [1.54, 1.807) is 27.2 Å². The Morgan fingerprint density at radius 2 is 2.04 bits per heavy atom. The fraction of sp³-hybridized carbons (Fsp3) is 0.400. The second kappa shape index (κ2) is 7.94. The van der Waals surface area contributed by atoms with E-state index < -0.39 is 5.60 Å². The molecule has 2 N–H and O–H groups in total. The van der Waals surface area contributed by atoms with Gasteiger partial charge in [0, 0.05) is 37.8 Å². The van der Waals surface area contributed by atoms with Crippen molar-refractivity contribution >= 4 is 16.7 Å². The Morgan fingerprint density at radius 1 is 1.22 bits per heavy atom. The van der Waals surface area contributed by atoms with Crippen molar-refractivity contribution in [3.8, 4) is 17.0 Å². The molecule has 144 valence electrons. The van der Waals surface area contributed by atoms with E-state index in [1.165, 1.54) is 0 Å². The Bertz CT molecular complexity index is 902. The molecule has 0 radical (unpaired) electrons. The normalized spacial score (nSPS) is 11.7. The van der Waals surface area contributed by atoms with Gasteiger partial charge in [0.2, 0.25) is 0 Å². The molecule has 0 saturated heterocycles. The number of likely N-dealkylation sites (N-methyl/N-ethyl adjacent to an activating group) is 1. The summed E-state index contributed by atoms with van der Waals surface area (Å²) in [5, 5.41) is 18.4. The zero-order valence-corrected chi connectivity index (χ0v) is 16.2. The Kier molecular flexibility index (Phi) is 5.62. The second-order valence-electron chi connectivity index (χ2n) is 7.20. The molecule has 3 aromatic rings. The highest BCUT2D eigenvalue weighted by Gasteiger charge is 2.15. The van der Waals surface area contributed by atoms with Crippen molar-refractivity contribution in [1.29, 1.82) is 0 Å². The molecule has 0 aliphatic rings. The Hall–Kier alpha value is -2.64. The molecule has 1 aromatic carbocycles. The first-order chi connectivity index (χ1) is 12.9. The minimum absolute atomic E-state index is 0.218. The summed E-state index contributed by atoms with van der Waals surface area (Å²) in [7, 11) is 3.67. The number of anilines is 1. The molecule has 0 spiro atoms. The van der Waals surface area contributed by atoms with Crippen molar-refractivity contribution < 1.29 is 14.6 Å². The smallest absolute Gasteiger partial charge is 0.128 e. The van der Waals surface area contributed by atoms with Gasteiger partial charge in [-0.25, -0.2) is 4.98 Å². The van der Waals surface area contributed by atoms with E-state index >= 15 is 0 Å². The highest BCUT2D eigenvalue weighted by atomic mass is 16.5.